The van der Waals surface area contributed by atoms with E-state index in [1.807, 2.05) is 0 Å². The van der Waals surface area contributed by atoms with Crippen molar-refractivity contribution in [2.24, 2.45) is 0 Å². The van der Waals surface area contributed by atoms with Crippen molar-refractivity contribution in [2.45, 2.75) is 103 Å². The Morgan fingerprint density at radius 2 is 1.56 bits per heavy atom. The van der Waals surface area contributed by atoms with E-state index in [0.717, 1.165) is 44.1 Å². The Morgan fingerprint density at radius 3 is 2.24 bits per heavy atom. The highest BCUT2D eigenvalue weighted by atomic mass is 16.5. The summed E-state index contributed by atoms with van der Waals surface area (Å²) in [6.45, 7) is 4.44. The van der Waals surface area contributed by atoms with Crippen LogP contribution in [0.1, 0.15) is 102 Å². The maximum absolute atomic E-state index is 12.3. The van der Waals surface area contributed by atoms with Crippen molar-refractivity contribution in [1.82, 2.24) is 0 Å². The van der Waals surface area contributed by atoms with Gasteiger partial charge in [-0.3, -0.25) is 4.79 Å². The Labute approximate surface area is 154 Å². The van der Waals surface area contributed by atoms with E-state index in [1.165, 1.54) is 44.1 Å². The molecule has 1 heterocycles. The first kappa shape index (κ1) is 20.0. The minimum atomic E-state index is -0.0547. The third kappa shape index (κ3) is 6.84. The first-order chi connectivity index (χ1) is 12.2. The van der Waals surface area contributed by atoms with Gasteiger partial charge < -0.3 is 4.74 Å². The van der Waals surface area contributed by atoms with Gasteiger partial charge in [0, 0.05) is 0 Å². The largest absolute Gasteiger partial charge is 0.462 e. The Balaban J connectivity index is 1.75. The van der Waals surface area contributed by atoms with Crippen molar-refractivity contribution >= 4 is 5.97 Å². The third-order valence-electron chi connectivity index (χ3n) is 5.43. The molecule has 2 atom stereocenters. The van der Waals surface area contributed by atoms with Crippen molar-refractivity contribution in [1.29, 1.82) is 0 Å². The van der Waals surface area contributed by atoms with E-state index in [1.54, 1.807) is 0 Å². The van der Waals surface area contributed by atoms with Crippen LogP contribution in [-0.2, 0) is 16.0 Å². The van der Waals surface area contributed by atoms with Gasteiger partial charge in [-0.25, -0.2) is 0 Å². The monoisotopic (exact) mass is 344 g/mol. The smallest absolute Gasteiger partial charge is 0.313 e. The molecule has 1 aromatic rings. The van der Waals surface area contributed by atoms with Crippen molar-refractivity contribution in [3.05, 3.63) is 35.4 Å². The van der Waals surface area contributed by atoms with Gasteiger partial charge in [-0.05, 0) is 43.2 Å². The molecule has 2 rings (SSSR count). The molecule has 0 bridgehead atoms. The van der Waals surface area contributed by atoms with E-state index in [0.29, 0.717) is 0 Å². The Bertz CT molecular complexity index is 491. The van der Waals surface area contributed by atoms with Gasteiger partial charge in [-0.2, -0.15) is 0 Å². The number of unbranched alkanes of at least 4 members (excludes halogenated alkanes) is 6. The fraction of sp³-hybridized carbons (Fsp3) is 0.696. The molecule has 0 aromatic heterocycles. The number of rotatable bonds is 11. The Hall–Kier alpha value is -1.31. The molecule has 0 aliphatic carbocycles. The highest BCUT2D eigenvalue weighted by Crippen LogP contribution is 2.31. The minimum Gasteiger partial charge on any atom is -0.462 e. The second-order valence-corrected chi connectivity index (χ2v) is 7.59. The highest BCUT2D eigenvalue weighted by molar-refractivity contribution is 5.79. The summed E-state index contributed by atoms with van der Waals surface area (Å²) in [5, 5.41) is 0. The average Bonchev–Trinajstić information content (AvgIpc) is 2.63. The number of cyclic esters (lactones) is 1. The Kier molecular flexibility index (Phi) is 9.07. The SMILES string of the molecule is CCCCCCCCc1ccc(C2CCC(CCCC)OC2=O)cc1. The van der Waals surface area contributed by atoms with Crippen LogP contribution >= 0.6 is 0 Å². The fourth-order valence-corrected chi connectivity index (χ4v) is 3.74. The highest BCUT2D eigenvalue weighted by Gasteiger charge is 2.30. The predicted octanol–water partition coefficient (Wildman–Crippen LogP) is 6.57. The molecular weight excluding hydrogens is 308 g/mol. The van der Waals surface area contributed by atoms with Crippen LogP contribution in [0.5, 0.6) is 0 Å². The quantitative estimate of drug-likeness (QED) is 0.335. The number of carbonyl (C=O) groups excluding carboxylic acids is 1. The molecule has 0 saturated carbocycles. The topological polar surface area (TPSA) is 26.3 Å². The summed E-state index contributed by atoms with van der Waals surface area (Å²) in [4.78, 5) is 12.3. The first-order valence-electron chi connectivity index (χ1n) is 10.5. The summed E-state index contributed by atoms with van der Waals surface area (Å²) < 4.78 is 5.66. The van der Waals surface area contributed by atoms with E-state index in [2.05, 4.69) is 38.1 Å². The van der Waals surface area contributed by atoms with Crippen molar-refractivity contribution in [3.8, 4) is 0 Å². The van der Waals surface area contributed by atoms with Crippen LogP contribution in [0, 0.1) is 0 Å². The molecule has 0 N–H and O–H groups in total. The summed E-state index contributed by atoms with van der Waals surface area (Å²) in [5.41, 5.74) is 2.52. The van der Waals surface area contributed by atoms with Crippen molar-refractivity contribution in [2.75, 3.05) is 0 Å². The van der Waals surface area contributed by atoms with E-state index < -0.39 is 0 Å². The minimum absolute atomic E-state index is 0.0176. The molecule has 2 unspecified atom stereocenters. The second-order valence-electron chi connectivity index (χ2n) is 7.59. The molecule has 140 valence electrons. The van der Waals surface area contributed by atoms with Crippen LogP contribution in [0.2, 0.25) is 0 Å². The predicted molar refractivity (Wildman–Crippen MR) is 105 cm³/mol. The van der Waals surface area contributed by atoms with Crippen molar-refractivity contribution < 1.29 is 9.53 Å². The summed E-state index contributed by atoms with van der Waals surface area (Å²) in [5.74, 6) is -0.0722. The molecule has 1 fully saturated rings. The summed E-state index contributed by atoms with van der Waals surface area (Å²) in [7, 11) is 0. The van der Waals surface area contributed by atoms with Crippen LogP contribution in [0.4, 0.5) is 0 Å². The fourth-order valence-electron chi connectivity index (χ4n) is 3.74. The molecule has 2 nitrogen and oxygen atoms in total. The van der Waals surface area contributed by atoms with Gasteiger partial charge in [0.1, 0.15) is 6.10 Å². The lowest BCUT2D eigenvalue weighted by Crippen LogP contribution is -2.29. The van der Waals surface area contributed by atoms with Crippen LogP contribution < -0.4 is 0 Å². The van der Waals surface area contributed by atoms with E-state index >= 15 is 0 Å². The van der Waals surface area contributed by atoms with E-state index in [-0.39, 0.29) is 18.0 Å². The molecule has 1 aliphatic rings. The molecule has 1 aliphatic heterocycles. The first-order valence-corrected chi connectivity index (χ1v) is 10.5. The zero-order chi connectivity index (χ0) is 17.9. The number of carbonyl (C=O) groups is 1. The third-order valence-corrected chi connectivity index (χ3v) is 5.43. The van der Waals surface area contributed by atoms with E-state index in [9.17, 15) is 4.79 Å². The van der Waals surface area contributed by atoms with Gasteiger partial charge in [0.25, 0.3) is 0 Å². The van der Waals surface area contributed by atoms with Crippen LogP contribution in [0.15, 0.2) is 24.3 Å². The Morgan fingerprint density at radius 1 is 0.880 bits per heavy atom. The lowest BCUT2D eigenvalue weighted by molar-refractivity contribution is -0.156. The van der Waals surface area contributed by atoms with Gasteiger partial charge in [0.15, 0.2) is 0 Å². The van der Waals surface area contributed by atoms with Crippen LogP contribution in [0.3, 0.4) is 0 Å². The number of esters is 1. The molecule has 0 radical (unpaired) electrons. The molecule has 0 amide bonds. The zero-order valence-electron chi connectivity index (χ0n) is 16.3. The van der Waals surface area contributed by atoms with Crippen LogP contribution in [-0.4, -0.2) is 12.1 Å². The van der Waals surface area contributed by atoms with Gasteiger partial charge in [-0.1, -0.05) is 83.1 Å². The number of ether oxygens (including phenoxy) is 1. The average molecular weight is 345 g/mol. The number of benzene rings is 1. The number of hydrogen-bond acceptors (Lipinski definition) is 2. The number of hydrogen-bond donors (Lipinski definition) is 0. The molecule has 1 aromatic carbocycles. The number of aryl methyl sites for hydroxylation is 1. The van der Waals surface area contributed by atoms with Gasteiger partial charge in [-0.15, -0.1) is 0 Å². The van der Waals surface area contributed by atoms with E-state index in [4.69, 9.17) is 4.74 Å². The zero-order valence-corrected chi connectivity index (χ0v) is 16.3. The lowest BCUT2D eigenvalue weighted by atomic mass is 9.89. The summed E-state index contributed by atoms with van der Waals surface area (Å²) in [6.07, 6.45) is 14.6. The van der Waals surface area contributed by atoms with Crippen LogP contribution in [0.25, 0.3) is 0 Å². The summed E-state index contributed by atoms with van der Waals surface area (Å²) in [6, 6.07) is 8.70. The molecule has 25 heavy (non-hydrogen) atoms. The maximum Gasteiger partial charge on any atom is 0.313 e. The molecular formula is C23H36O2. The summed E-state index contributed by atoms with van der Waals surface area (Å²) >= 11 is 0. The second kappa shape index (κ2) is 11.3. The van der Waals surface area contributed by atoms with Gasteiger partial charge in [0.05, 0.1) is 5.92 Å². The van der Waals surface area contributed by atoms with Gasteiger partial charge in [0.2, 0.25) is 0 Å². The molecule has 2 heteroatoms. The standard InChI is InChI=1S/C23H36O2/c1-3-5-7-8-9-10-11-19-13-15-20(16-14-19)22-18-17-21(12-6-4-2)25-23(22)24/h13-16,21-22H,3-12,17-18H2,1-2H3. The van der Waals surface area contributed by atoms with Crippen molar-refractivity contribution in [3.63, 3.8) is 0 Å². The lowest BCUT2D eigenvalue weighted by Gasteiger charge is -2.28. The molecule has 0 spiro atoms. The maximum atomic E-state index is 12.3. The van der Waals surface area contributed by atoms with Gasteiger partial charge >= 0.3 is 5.97 Å². The molecule has 1 saturated heterocycles. The normalized spacial score (nSPS) is 20.5.